The van der Waals surface area contributed by atoms with Gasteiger partial charge < -0.3 is 15.0 Å². The molecule has 31 heavy (non-hydrogen) atoms. The van der Waals surface area contributed by atoms with Crippen LogP contribution in [0.25, 0.3) is 0 Å². The summed E-state index contributed by atoms with van der Waals surface area (Å²) in [5.41, 5.74) is 3.59. The van der Waals surface area contributed by atoms with Crippen molar-refractivity contribution in [2.24, 2.45) is 0 Å². The largest absolute Gasteiger partial charge is 0.447 e. The lowest BCUT2D eigenvalue weighted by Crippen LogP contribution is -2.47. The fraction of sp³-hybridized carbons (Fsp3) is 0.231. The number of nitrogens with one attached hydrogen (secondary N) is 1. The van der Waals surface area contributed by atoms with Crippen LogP contribution in [0.1, 0.15) is 43.5 Å². The Kier molecular flexibility index (Phi) is 6.03. The number of hydrogen-bond donors (Lipinski definition) is 1. The Morgan fingerprint density at radius 1 is 0.935 bits per heavy atom. The minimum atomic E-state index is -0.979. The fourth-order valence-corrected chi connectivity index (χ4v) is 4.20. The maximum atomic E-state index is 13.7. The fourth-order valence-electron chi connectivity index (χ4n) is 4.20. The zero-order valence-electron chi connectivity index (χ0n) is 17.7. The third-order valence-corrected chi connectivity index (χ3v) is 5.55. The standard InChI is InChI=1S/C26H26N2O3/c1-18-17-23(27-21-13-7-4-8-14-21)22-15-9-10-16-24(22)28(18)26(30)25(31-19(2)29)20-11-5-3-6-12-20/h3-16,18,23,25,27H,17H2,1-2H3/t18-,23-,25+/m1/s1. The van der Waals surface area contributed by atoms with E-state index in [9.17, 15) is 9.59 Å². The van der Waals surface area contributed by atoms with Crippen LogP contribution < -0.4 is 10.2 Å². The molecule has 0 saturated heterocycles. The van der Waals surface area contributed by atoms with Crippen LogP contribution in [0.3, 0.4) is 0 Å². The molecule has 3 aromatic carbocycles. The number of para-hydroxylation sites is 2. The number of anilines is 2. The Labute approximate surface area is 182 Å². The predicted molar refractivity (Wildman–Crippen MR) is 122 cm³/mol. The molecular formula is C26H26N2O3. The molecule has 4 rings (SSSR count). The Morgan fingerprint density at radius 2 is 1.55 bits per heavy atom. The van der Waals surface area contributed by atoms with Crippen molar-refractivity contribution in [3.63, 3.8) is 0 Å². The van der Waals surface area contributed by atoms with Gasteiger partial charge in [0.15, 0.2) is 0 Å². The van der Waals surface area contributed by atoms with E-state index in [-0.39, 0.29) is 18.0 Å². The van der Waals surface area contributed by atoms with Crippen molar-refractivity contribution in [2.45, 2.75) is 38.5 Å². The summed E-state index contributed by atoms with van der Waals surface area (Å²) >= 11 is 0. The summed E-state index contributed by atoms with van der Waals surface area (Å²) in [6.07, 6.45) is -0.244. The number of carbonyl (C=O) groups is 2. The Hall–Kier alpha value is -3.60. The molecule has 1 N–H and O–H groups in total. The van der Waals surface area contributed by atoms with Gasteiger partial charge in [-0.2, -0.15) is 0 Å². The Bertz CT molecular complexity index is 1050. The van der Waals surface area contributed by atoms with Gasteiger partial charge in [-0.05, 0) is 37.1 Å². The molecule has 5 nitrogen and oxygen atoms in total. The van der Waals surface area contributed by atoms with Crippen LogP contribution in [-0.4, -0.2) is 17.9 Å². The van der Waals surface area contributed by atoms with E-state index in [0.717, 1.165) is 23.4 Å². The molecule has 3 atom stereocenters. The van der Waals surface area contributed by atoms with Crippen molar-refractivity contribution in [3.8, 4) is 0 Å². The Balaban J connectivity index is 1.69. The number of rotatable bonds is 5. The predicted octanol–water partition coefficient (Wildman–Crippen LogP) is 5.27. The number of carbonyl (C=O) groups excluding carboxylic acids is 2. The van der Waals surface area contributed by atoms with E-state index in [2.05, 4.69) is 5.32 Å². The molecule has 1 amide bonds. The van der Waals surface area contributed by atoms with Gasteiger partial charge in [-0.25, -0.2) is 0 Å². The van der Waals surface area contributed by atoms with Gasteiger partial charge in [-0.1, -0.05) is 66.7 Å². The molecule has 0 bridgehead atoms. The lowest BCUT2D eigenvalue weighted by Gasteiger charge is -2.41. The lowest BCUT2D eigenvalue weighted by atomic mass is 9.90. The summed E-state index contributed by atoms with van der Waals surface area (Å²) in [5.74, 6) is -0.719. The minimum absolute atomic E-state index is 0.0709. The summed E-state index contributed by atoms with van der Waals surface area (Å²) in [7, 11) is 0. The smallest absolute Gasteiger partial charge is 0.303 e. The second-order valence-electron chi connectivity index (χ2n) is 7.81. The van der Waals surface area contributed by atoms with E-state index in [1.54, 1.807) is 4.90 Å². The molecule has 1 aliphatic rings. The van der Waals surface area contributed by atoms with Crippen LogP contribution in [0.15, 0.2) is 84.9 Å². The highest BCUT2D eigenvalue weighted by atomic mass is 16.5. The number of nitrogens with zero attached hydrogens (tertiary/aromatic N) is 1. The summed E-state index contributed by atoms with van der Waals surface area (Å²) in [6, 6.07) is 27.2. The quantitative estimate of drug-likeness (QED) is 0.578. The van der Waals surface area contributed by atoms with Crippen molar-refractivity contribution in [3.05, 3.63) is 96.1 Å². The third kappa shape index (κ3) is 4.45. The maximum Gasteiger partial charge on any atom is 0.303 e. The maximum absolute atomic E-state index is 13.7. The molecular weight excluding hydrogens is 388 g/mol. The number of hydrogen-bond acceptors (Lipinski definition) is 4. The van der Waals surface area contributed by atoms with Crippen LogP contribution >= 0.6 is 0 Å². The average Bonchev–Trinajstić information content (AvgIpc) is 2.78. The molecule has 0 fully saturated rings. The number of ether oxygens (including phenoxy) is 1. The number of benzene rings is 3. The van der Waals surface area contributed by atoms with Crippen molar-refractivity contribution in [1.29, 1.82) is 0 Å². The number of esters is 1. The molecule has 0 spiro atoms. The summed E-state index contributed by atoms with van der Waals surface area (Å²) < 4.78 is 5.49. The van der Waals surface area contributed by atoms with E-state index in [1.165, 1.54) is 6.92 Å². The van der Waals surface area contributed by atoms with Gasteiger partial charge in [0.05, 0.1) is 6.04 Å². The molecule has 158 valence electrons. The van der Waals surface area contributed by atoms with Crippen LogP contribution in [-0.2, 0) is 14.3 Å². The highest BCUT2D eigenvalue weighted by molar-refractivity contribution is 5.99. The minimum Gasteiger partial charge on any atom is -0.447 e. The van der Waals surface area contributed by atoms with Crippen LogP contribution in [0.5, 0.6) is 0 Å². The van der Waals surface area contributed by atoms with Gasteiger partial charge in [0, 0.05) is 29.9 Å². The van der Waals surface area contributed by atoms with Crippen molar-refractivity contribution >= 4 is 23.3 Å². The van der Waals surface area contributed by atoms with Gasteiger partial charge in [0.1, 0.15) is 0 Å². The molecule has 1 aliphatic heterocycles. The first kappa shape index (κ1) is 20.7. The molecule has 0 aliphatic carbocycles. The topological polar surface area (TPSA) is 58.6 Å². The van der Waals surface area contributed by atoms with E-state index in [0.29, 0.717) is 5.56 Å². The summed E-state index contributed by atoms with van der Waals surface area (Å²) in [5, 5.41) is 3.60. The molecule has 0 radical (unpaired) electrons. The molecule has 5 heteroatoms. The van der Waals surface area contributed by atoms with E-state index < -0.39 is 12.1 Å². The van der Waals surface area contributed by atoms with Gasteiger partial charge in [-0.15, -0.1) is 0 Å². The molecule has 3 aromatic rings. The molecule has 0 saturated carbocycles. The second kappa shape index (κ2) is 9.04. The SMILES string of the molecule is CC(=O)O[C@H](C(=O)N1c2ccccc2[C@H](Nc2ccccc2)C[C@H]1C)c1ccccc1. The van der Waals surface area contributed by atoms with Gasteiger partial charge in [0.25, 0.3) is 5.91 Å². The first-order valence-electron chi connectivity index (χ1n) is 10.5. The van der Waals surface area contributed by atoms with Crippen molar-refractivity contribution in [1.82, 2.24) is 0 Å². The zero-order valence-corrected chi connectivity index (χ0v) is 17.7. The first-order chi connectivity index (χ1) is 15.0. The summed E-state index contributed by atoms with van der Waals surface area (Å²) in [6.45, 7) is 3.36. The molecule has 0 aromatic heterocycles. The molecule has 1 heterocycles. The lowest BCUT2D eigenvalue weighted by molar-refractivity contribution is -0.153. The Morgan fingerprint density at radius 3 is 2.23 bits per heavy atom. The van der Waals surface area contributed by atoms with Crippen molar-refractivity contribution in [2.75, 3.05) is 10.2 Å². The number of amides is 1. The van der Waals surface area contributed by atoms with Crippen LogP contribution in [0.4, 0.5) is 11.4 Å². The van der Waals surface area contributed by atoms with Crippen molar-refractivity contribution < 1.29 is 14.3 Å². The average molecular weight is 415 g/mol. The zero-order chi connectivity index (χ0) is 21.8. The second-order valence-corrected chi connectivity index (χ2v) is 7.81. The summed E-state index contributed by atoms with van der Waals surface area (Å²) in [4.78, 5) is 27.3. The van der Waals surface area contributed by atoms with Gasteiger partial charge >= 0.3 is 5.97 Å². The normalized spacial score (nSPS) is 18.6. The van der Waals surface area contributed by atoms with Gasteiger partial charge in [0.2, 0.25) is 6.10 Å². The van der Waals surface area contributed by atoms with Crippen LogP contribution in [0, 0.1) is 0 Å². The number of fused-ring (bicyclic) bond motifs is 1. The van der Waals surface area contributed by atoms with E-state index >= 15 is 0 Å². The molecule has 0 unspecified atom stereocenters. The first-order valence-corrected chi connectivity index (χ1v) is 10.5. The van der Waals surface area contributed by atoms with Crippen LogP contribution in [0.2, 0.25) is 0 Å². The highest BCUT2D eigenvalue weighted by Gasteiger charge is 2.38. The van der Waals surface area contributed by atoms with E-state index in [1.807, 2.05) is 91.9 Å². The monoisotopic (exact) mass is 414 g/mol. The van der Waals surface area contributed by atoms with Gasteiger partial charge in [-0.3, -0.25) is 9.59 Å². The highest BCUT2D eigenvalue weighted by Crippen LogP contribution is 2.40. The van der Waals surface area contributed by atoms with E-state index in [4.69, 9.17) is 4.74 Å². The third-order valence-electron chi connectivity index (χ3n) is 5.55.